The van der Waals surface area contributed by atoms with Crippen LogP contribution < -0.4 is 0 Å². The molecule has 0 bridgehead atoms. The molecular formula is C16H15FN2O2. The predicted octanol–water partition coefficient (Wildman–Crippen LogP) is 2.85. The summed E-state index contributed by atoms with van der Waals surface area (Å²) in [5.41, 5.74) is 0.958. The van der Waals surface area contributed by atoms with Crippen molar-refractivity contribution in [2.75, 3.05) is 0 Å². The van der Waals surface area contributed by atoms with Crippen LogP contribution in [0, 0.1) is 11.7 Å². The fourth-order valence-electron chi connectivity index (χ4n) is 2.44. The lowest BCUT2D eigenvalue weighted by atomic mass is 9.73. The quantitative estimate of drug-likeness (QED) is 0.811. The van der Waals surface area contributed by atoms with Gasteiger partial charge in [0.1, 0.15) is 12.4 Å². The maximum atomic E-state index is 12.8. The molecule has 0 aliphatic heterocycles. The van der Waals surface area contributed by atoms with Crippen LogP contribution in [0.1, 0.15) is 30.1 Å². The van der Waals surface area contributed by atoms with Crippen molar-refractivity contribution in [1.29, 1.82) is 0 Å². The van der Waals surface area contributed by atoms with Gasteiger partial charge in [0.25, 0.3) is 0 Å². The molecule has 1 fully saturated rings. The average molecular weight is 286 g/mol. The fraction of sp³-hybridized carbons (Fsp3) is 0.312. The van der Waals surface area contributed by atoms with E-state index in [4.69, 9.17) is 4.74 Å². The summed E-state index contributed by atoms with van der Waals surface area (Å²) in [4.78, 5) is 20.0. The Morgan fingerprint density at radius 2 is 1.90 bits per heavy atom. The Morgan fingerprint density at radius 1 is 1.19 bits per heavy atom. The largest absolute Gasteiger partial charge is 0.461 e. The zero-order chi connectivity index (χ0) is 14.7. The van der Waals surface area contributed by atoms with Gasteiger partial charge in [0.05, 0.1) is 18.3 Å². The van der Waals surface area contributed by atoms with Crippen molar-refractivity contribution in [2.45, 2.75) is 25.4 Å². The lowest BCUT2D eigenvalue weighted by molar-refractivity contribution is -0.154. The van der Waals surface area contributed by atoms with Gasteiger partial charge in [-0.25, -0.2) is 14.4 Å². The maximum absolute atomic E-state index is 12.8. The van der Waals surface area contributed by atoms with Crippen molar-refractivity contribution in [3.63, 3.8) is 0 Å². The van der Waals surface area contributed by atoms with Crippen LogP contribution in [0.25, 0.3) is 0 Å². The molecule has 108 valence electrons. The number of carbonyl (C=O) groups is 1. The number of rotatable bonds is 4. The van der Waals surface area contributed by atoms with Crippen LogP contribution >= 0.6 is 0 Å². The molecule has 1 aliphatic carbocycles. The monoisotopic (exact) mass is 286 g/mol. The first kappa shape index (κ1) is 13.7. The highest BCUT2D eigenvalue weighted by atomic mass is 19.1. The maximum Gasteiger partial charge on any atom is 0.310 e. The van der Waals surface area contributed by atoms with Gasteiger partial charge in [-0.15, -0.1) is 0 Å². The van der Waals surface area contributed by atoms with Crippen LogP contribution in [0.15, 0.2) is 42.7 Å². The van der Waals surface area contributed by atoms with Crippen molar-refractivity contribution >= 4 is 5.97 Å². The van der Waals surface area contributed by atoms with Gasteiger partial charge in [-0.3, -0.25) is 4.79 Å². The number of carbonyl (C=O) groups excluding carboxylic acids is 1. The summed E-state index contributed by atoms with van der Waals surface area (Å²) in [7, 11) is 0. The highest BCUT2D eigenvalue weighted by Gasteiger charge is 2.40. The molecule has 0 amide bonds. The van der Waals surface area contributed by atoms with E-state index < -0.39 is 5.82 Å². The van der Waals surface area contributed by atoms with Crippen molar-refractivity contribution in [3.8, 4) is 0 Å². The molecule has 3 rings (SSSR count). The van der Waals surface area contributed by atoms with Gasteiger partial charge in [0, 0.05) is 5.92 Å². The number of hydrogen-bond acceptors (Lipinski definition) is 4. The molecule has 0 radical (unpaired) electrons. The minimum atomic E-state index is -0.471. The molecular weight excluding hydrogens is 271 g/mol. The smallest absolute Gasteiger partial charge is 0.310 e. The van der Waals surface area contributed by atoms with Crippen molar-refractivity contribution in [1.82, 2.24) is 9.97 Å². The Hall–Kier alpha value is -2.30. The van der Waals surface area contributed by atoms with Crippen LogP contribution in [0.5, 0.6) is 0 Å². The number of halogens is 1. The van der Waals surface area contributed by atoms with Gasteiger partial charge in [-0.05, 0) is 18.4 Å². The lowest BCUT2D eigenvalue weighted by Gasteiger charge is -2.33. The third-order valence-electron chi connectivity index (χ3n) is 3.77. The van der Waals surface area contributed by atoms with E-state index in [-0.39, 0.29) is 24.4 Å². The topological polar surface area (TPSA) is 52.1 Å². The third-order valence-corrected chi connectivity index (χ3v) is 3.77. The van der Waals surface area contributed by atoms with Crippen molar-refractivity contribution < 1.29 is 13.9 Å². The van der Waals surface area contributed by atoms with E-state index in [1.54, 1.807) is 0 Å². The van der Waals surface area contributed by atoms with Gasteiger partial charge < -0.3 is 4.74 Å². The second kappa shape index (κ2) is 5.99. The molecule has 5 heteroatoms. The summed E-state index contributed by atoms with van der Waals surface area (Å²) in [6.45, 7) is 0.271. The number of ether oxygens (including phenoxy) is 1. The molecule has 0 spiro atoms. The summed E-state index contributed by atoms with van der Waals surface area (Å²) in [6.07, 6.45) is 3.86. The summed E-state index contributed by atoms with van der Waals surface area (Å²) >= 11 is 0. The molecule has 1 heterocycles. The molecule has 2 unspecified atom stereocenters. The molecule has 1 saturated carbocycles. The zero-order valence-corrected chi connectivity index (χ0v) is 11.4. The van der Waals surface area contributed by atoms with Crippen LogP contribution in [0.2, 0.25) is 0 Å². The number of hydrogen-bond donors (Lipinski definition) is 0. The second-order valence-electron chi connectivity index (χ2n) is 5.14. The van der Waals surface area contributed by atoms with E-state index in [1.165, 1.54) is 0 Å². The number of esters is 1. The van der Waals surface area contributed by atoms with E-state index in [1.807, 2.05) is 30.3 Å². The summed E-state index contributed by atoms with van der Waals surface area (Å²) in [5, 5.41) is 0. The predicted molar refractivity (Wildman–Crippen MR) is 73.7 cm³/mol. The van der Waals surface area contributed by atoms with Crippen LogP contribution in [0.4, 0.5) is 4.39 Å². The highest BCUT2D eigenvalue weighted by molar-refractivity contribution is 5.74. The SMILES string of the molecule is O=C(OCc1ccccc1)C1CCC1c1ncc(F)cn1. The van der Waals surface area contributed by atoms with Gasteiger partial charge in [-0.1, -0.05) is 30.3 Å². The van der Waals surface area contributed by atoms with Crippen LogP contribution in [-0.4, -0.2) is 15.9 Å². The van der Waals surface area contributed by atoms with E-state index in [2.05, 4.69) is 9.97 Å². The lowest BCUT2D eigenvalue weighted by Crippen LogP contribution is -2.33. The summed E-state index contributed by atoms with van der Waals surface area (Å²) in [5.74, 6) is -0.471. The van der Waals surface area contributed by atoms with E-state index >= 15 is 0 Å². The molecule has 1 aliphatic rings. The highest BCUT2D eigenvalue weighted by Crippen LogP contribution is 2.41. The Morgan fingerprint density at radius 3 is 2.52 bits per heavy atom. The van der Waals surface area contributed by atoms with E-state index in [0.29, 0.717) is 5.82 Å². The average Bonchev–Trinajstić information content (AvgIpc) is 2.47. The van der Waals surface area contributed by atoms with Gasteiger partial charge in [-0.2, -0.15) is 0 Å². The number of benzene rings is 1. The second-order valence-corrected chi connectivity index (χ2v) is 5.14. The Labute approximate surface area is 122 Å². The molecule has 1 aromatic carbocycles. The van der Waals surface area contributed by atoms with E-state index in [0.717, 1.165) is 30.8 Å². The normalized spacial score (nSPS) is 20.6. The first-order valence-corrected chi connectivity index (χ1v) is 6.92. The summed E-state index contributed by atoms with van der Waals surface area (Å²) < 4.78 is 18.2. The molecule has 0 N–H and O–H groups in total. The Balaban J connectivity index is 1.59. The molecule has 2 aromatic rings. The van der Waals surface area contributed by atoms with Crippen molar-refractivity contribution in [2.24, 2.45) is 5.92 Å². The Bertz CT molecular complexity index is 616. The standard InChI is InChI=1S/C16H15FN2O2/c17-12-8-18-15(19-9-12)13-6-7-14(13)16(20)21-10-11-4-2-1-3-5-11/h1-5,8-9,13-14H,6-7,10H2. The molecule has 4 nitrogen and oxygen atoms in total. The summed E-state index contributed by atoms with van der Waals surface area (Å²) in [6, 6.07) is 9.55. The van der Waals surface area contributed by atoms with Gasteiger partial charge >= 0.3 is 5.97 Å². The van der Waals surface area contributed by atoms with Crippen molar-refractivity contribution in [3.05, 3.63) is 59.9 Å². The minimum absolute atomic E-state index is 0.0612. The van der Waals surface area contributed by atoms with Crippen LogP contribution in [-0.2, 0) is 16.1 Å². The van der Waals surface area contributed by atoms with Gasteiger partial charge in [0.15, 0.2) is 5.82 Å². The molecule has 1 aromatic heterocycles. The molecule has 2 atom stereocenters. The zero-order valence-electron chi connectivity index (χ0n) is 11.4. The molecule has 21 heavy (non-hydrogen) atoms. The third kappa shape index (κ3) is 3.07. The number of aromatic nitrogens is 2. The Kier molecular flexibility index (Phi) is 3.90. The number of nitrogens with zero attached hydrogens (tertiary/aromatic N) is 2. The van der Waals surface area contributed by atoms with E-state index in [9.17, 15) is 9.18 Å². The van der Waals surface area contributed by atoms with Gasteiger partial charge in [0.2, 0.25) is 0 Å². The van der Waals surface area contributed by atoms with Crippen LogP contribution in [0.3, 0.4) is 0 Å². The first-order valence-electron chi connectivity index (χ1n) is 6.92. The minimum Gasteiger partial charge on any atom is -0.461 e. The molecule has 0 saturated heterocycles. The first-order chi connectivity index (χ1) is 10.2. The fourth-order valence-corrected chi connectivity index (χ4v) is 2.44.